The Balaban J connectivity index is 2.07. The second kappa shape index (κ2) is 5.84. The summed E-state index contributed by atoms with van der Waals surface area (Å²) in [7, 11) is 0. The van der Waals surface area contributed by atoms with Gasteiger partial charge >= 0.3 is 0 Å². The first kappa shape index (κ1) is 14.6. The maximum absolute atomic E-state index is 9.41. The number of aromatic amines is 1. The molecule has 0 saturated heterocycles. The molecule has 1 aromatic heterocycles. The lowest BCUT2D eigenvalue weighted by Gasteiger charge is -1.99. The fourth-order valence-electron chi connectivity index (χ4n) is 2.17. The molecular formula is C17H11Cl2N3. The number of aryl methyl sites for hydroxylation is 1. The summed E-state index contributed by atoms with van der Waals surface area (Å²) < 4.78 is 0. The molecule has 0 aliphatic carbocycles. The number of allylic oxidation sites excluding steroid dienone is 1. The molecule has 0 spiro atoms. The zero-order valence-corrected chi connectivity index (χ0v) is 13.2. The Bertz CT molecular complexity index is 933. The molecule has 0 radical (unpaired) electrons. The number of hydrogen-bond donors (Lipinski definition) is 1. The van der Waals surface area contributed by atoms with Crippen LogP contribution in [0.1, 0.15) is 17.0 Å². The first-order valence-electron chi connectivity index (χ1n) is 6.60. The van der Waals surface area contributed by atoms with Crippen molar-refractivity contribution >= 4 is 45.9 Å². The minimum atomic E-state index is 0.437. The molecule has 5 heteroatoms. The van der Waals surface area contributed by atoms with Crippen LogP contribution in [0.3, 0.4) is 0 Å². The van der Waals surface area contributed by atoms with Crippen LogP contribution >= 0.6 is 23.2 Å². The van der Waals surface area contributed by atoms with Gasteiger partial charge in [-0.2, -0.15) is 5.26 Å². The van der Waals surface area contributed by atoms with Gasteiger partial charge in [-0.15, -0.1) is 0 Å². The Kier molecular flexibility index (Phi) is 3.89. The van der Waals surface area contributed by atoms with Crippen LogP contribution in [0.5, 0.6) is 0 Å². The van der Waals surface area contributed by atoms with Gasteiger partial charge in [-0.1, -0.05) is 35.3 Å². The minimum Gasteiger partial charge on any atom is -0.337 e. The van der Waals surface area contributed by atoms with Crippen LogP contribution in [0.25, 0.3) is 22.7 Å². The monoisotopic (exact) mass is 327 g/mol. The van der Waals surface area contributed by atoms with E-state index in [1.807, 2.05) is 25.1 Å². The van der Waals surface area contributed by atoms with E-state index in [2.05, 4.69) is 16.0 Å². The molecule has 1 heterocycles. The van der Waals surface area contributed by atoms with Crippen LogP contribution in [0, 0.1) is 18.3 Å². The van der Waals surface area contributed by atoms with Crippen LogP contribution in [0.4, 0.5) is 0 Å². The highest BCUT2D eigenvalue weighted by atomic mass is 35.5. The first-order valence-corrected chi connectivity index (χ1v) is 7.36. The van der Waals surface area contributed by atoms with Gasteiger partial charge in [0.1, 0.15) is 11.9 Å². The van der Waals surface area contributed by atoms with Crippen LogP contribution in [0.15, 0.2) is 36.4 Å². The van der Waals surface area contributed by atoms with Crippen molar-refractivity contribution in [3.8, 4) is 6.07 Å². The summed E-state index contributed by atoms with van der Waals surface area (Å²) in [6.45, 7) is 2.01. The number of fused-ring (bicyclic) bond motifs is 1. The molecule has 0 fully saturated rings. The lowest BCUT2D eigenvalue weighted by molar-refractivity contribution is 1.27. The van der Waals surface area contributed by atoms with E-state index >= 15 is 0 Å². The van der Waals surface area contributed by atoms with Crippen molar-refractivity contribution < 1.29 is 0 Å². The van der Waals surface area contributed by atoms with Gasteiger partial charge in [0.15, 0.2) is 0 Å². The van der Waals surface area contributed by atoms with E-state index in [4.69, 9.17) is 23.2 Å². The number of rotatable bonds is 2. The molecule has 0 bridgehead atoms. The molecule has 3 aromatic rings. The average molecular weight is 328 g/mol. The fraction of sp³-hybridized carbons (Fsp3) is 0.0588. The number of nitrogens with one attached hydrogen (secondary N) is 1. The van der Waals surface area contributed by atoms with Crippen LogP contribution in [0.2, 0.25) is 10.0 Å². The normalized spacial score (nSPS) is 11.6. The largest absolute Gasteiger partial charge is 0.337 e. The van der Waals surface area contributed by atoms with Crippen molar-refractivity contribution in [3.63, 3.8) is 0 Å². The van der Waals surface area contributed by atoms with E-state index in [1.54, 1.807) is 24.3 Å². The Morgan fingerprint density at radius 2 is 2.00 bits per heavy atom. The zero-order valence-electron chi connectivity index (χ0n) is 11.7. The van der Waals surface area contributed by atoms with Crippen molar-refractivity contribution in [2.24, 2.45) is 0 Å². The Labute approximate surface area is 137 Å². The quantitative estimate of drug-likeness (QED) is 0.654. The molecular weight excluding hydrogens is 317 g/mol. The number of benzene rings is 2. The van der Waals surface area contributed by atoms with Crippen molar-refractivity contribution in [1.82, 2.24) is 9.97 Å². The summed E-state index contributed by atoms with van der Waals surface area (Å²) in [4.78, 5) is 7.63. The molecule has 0 unspecified atom stereocenters. The number of halogens is 2. The van der Waals surface area contributed by atoms with Gasteiger partial charge in [0.05, 0.1) is 26.7 Å². The third kappa shape index (κ3) is 2.85. The van der Waals surface area contributed by atoms with Gasteiger partial charge in [0.25, 0.3) is 0 Å². The third-order valence-electron chi connectivity index (χ3n) is 3.27. The van der Waals surface area contributed by atoms with Gasteiger partial charge in [0.2, 0.25) is 0 Å². The van der Waals surface area contributed by atoms with Gasteiger partial charge in [-0.3, -0.25) is 0 Å². The van der Waals surface area contributed by atoms with Gasteiger partial charge < -0.3 is 4.98 Å². The van der Waals surface area contributed by atoms with E-state index in [0.717, 1.165) is 22.2 Å². The van der Waals surface area contributed by atoms with Crippen LogP contribution in [-0.4, -0.2) is 9.97 Å². The van der Waals surface area contributed by atoms with Crippen molar-refractivity contribution in [1.29, 1.82) is 5.26 Å². The molecule has 3 rings (SSSR count). The average Bonchev–Trinajstić information content (AvgIpc) is 2.91. The van der Waals surface area contributed by atoms with E-state index in [1.165, 1.54) is 0 Å². The SMILES string of the molecule is Cc1ccc2nc(C(C#N)=Cc3ccc(Cl)c(Cl)c3)[nH]c2c1. The van der Waals surface area contributed by atoms with Crippen LogP contribution in [-0.2, 0) is 0 Å². The number of H-pyrrole nitrogens is 1. The maximum atomic E-state index is 9.41. The maximum Gasteiger partial charge on any atom is 0.149 e. The molecule has 22 heavy (non-hydrogen) atoms. The predicted octanol–water partition coefficient (Wildman–Crippen LogP) is 5.24. The highest BCUT2D eigenvalue weighted by molar-refractivity contribution is 6.42. The molecule has 3 nitrogen and oxygen atoms in total. The molecule has 108 valence electrons. The minimum absolute atomic E-state index is 0.437. The number of aromatic nitrogens is 2. The second-order valence-electron chi connectivity index (χ2n) is 4.95. The summed E-state index contributed by atoms with van der Waals surface area (Å²) in [6.07, 6.45) is 1.73. The zero-order chi connectivity index (χ0) is 15.7. The molecule has 1 N–H and O–H groups in total. The first-order chi connectivity index (χ1) is 10.6. The van der Waals surface area contributed by atoms with Crippen LogP contribution < -0.4 is 0 Å². The highest BCUT2D eigenvalue weighted by Crippen LogP contribution is 2.25. The Hall–Kier alpha value is -2.28. The van der Waals surface area contributed by atoms with E-state index < -0.39 is 0 Å². The standard InChI is InChI=1S/C17H11Cl2N3/c1-10-2-5-15-16(6-10)22-17(21-15)12(9-20)7-11-3-4-13(18)14(19)8-11/h2-8H,1H3,(H,21,22). The highest BCUT2D eigenvalue weighted by Gasteiger charge is 2.08. The van der Waals surface area contributed by atoms with Crippen molar-refractivity contribution in [2.45, 2.75) is 6.92 Å². The summed E-state index contributed by atoms with van der Waals surface area (Å²) in [5, 5.41) is 10.3. The van der Waals surface area contributed by atoms with E-state index in [0.29, 0.717) is 21.4 Å². The van der Waals surface area contributed by atoms with Gasteiger partial charge in [-0.25, -0.2) is 4.98 Å². The lowest BCUT2D eigenvalue weighted by atomic mass is 10.1. The number of hydrogen-bond acceptors (Lipinski definition) is 2. The second-order valence-corrected chi connectivity index (χ2v) is 5.76. The van der Waals surface area contributed by atoms with Gasteiger partial charge in [-0.05, 0) is 48.4 Å². The van der Waals surface area contributed by atoms with Crippen molar-refractivity contribution in [2.75, 3.05) is 0 Å². The topological polar surface area (TPSA) is 52.5 Å². The molecule has 0 aliphatic rings. The Morgan fingerprint density at radius 1 is 1.18 bits per heavy atom. The lowest BCUT2D eigenvalue weighted by Crippen LogP contribution is -1.85. The fourth-order valence-corrected chi connectivity index (χ4v) is 2.48. The molecule has 0 amide bonds. The summed E-state index contributed by atoms with van der Waals surface area (Å²) in [5.74, 6) is 0.536. The van der Waals surface area contributed by atoms with E-state index in [9.17, 15) is 5.26 Å². The van der Waals surface area contributed by atoms with E-state index in [-0.39, 0.29) is 0 Å². The number of imidazole rings is 1. The smallest absolute Gasteiger partial charge is 0.149 e. The number of nitriles is 1. The predicted molar refractivity (Wildman–Crippen MR) is 90.8 cm³/mol. The summed E-state index contributed by atoms with van der Waals surface area (Å²) >= 11 is 11.9. The van der Waals surface area contributed by atoms with Gasteiger partial charge in [0, 0.05) is 0 Å². The Morgan fingerprint density at radius 3 is 2.73 bits per heavy atom. The molecule has 0 aliphatic heterocycles. The third-order valence-corrected chi connectivity index (χ3v) is 4.01. The summed E-state index contributed by atoms with van der Waals surface area (Å²) in [5.41, 5.74) is 4.10. The van der Waals surface area contributed by atoms with Crippen molar-refractivity contribution in [3.05, 3.63) is 63.4 Å². The molecule has 0 atom stereocenters. The molecule has 2 aromatic carbocycles. The molecule has 0 saturated carbocycles. The number of nitrogens with zero attached hydrogens (tertiary/aromatic N) is 2. The summed E-state index contributed by atoms with van der Waals surface area (Å²) in [6, 6.07) is 13.3.